The molecule has 1 unspecified atom stereocenters. The first kappa shape index (κ1) is 16.0. The van der Waals surface area contributed by atoms with Crippen molar-refractivity contribution in [3.63, 3.8) is 0 Å². The number of aliphatic imine (C=N–C) groups is 1. The largest absolute Gasteiger partial charge is 0.355 e. The van der Waals surface area contributed by atoms with Crippen LogP contribution in [0.2, 0.25) is 0 Å². The minimum absolute atomic E-state index is 0.590. The fourth-order valence-electron chi connectivity index (χ4n) is 3.12. The van der Waals surface area contributed by atoms with Crippen molar-refractivity contribution in [1.29, 1.82) is 0 Å². The smallest absolute Gasteiger partial charge is 0.191 e. The Morgan fingerprint density at radius 3 is 2.70 bits per heavy atom. The van der Waals surface area contributed by atoms with Crippen LogP contribution in [0.1, 0.15) is 38.5 Å². The molecule has 2 aliphatic rings. The number of hydrogen-bond donors (Lipinski definition) is 2. The Morgan fingerprint density at radius 2 is 2.05 bits per heavy atom. The SMILES string of the molecule is CN=C(NCCN(C)C1CCCC1)NC1CCCSC1. The second kappa shape index (κ2) is 8.78. The first-order chi connectivity index (χ1) is 9.79. The Kier molecular flexibility index (Phi) is 7.00. The highest BCUT2D eigenvalue weighted by Crippen LogP contribution is 2.21. The van der Waals surface area contributed by atoms with Gasteiger partial charge >= 0.3 is 0 Å². The minimum Gasteiger partial charge on any atom is -0.355 e. The molecule has 1 heterocycles. The van der Waals surface area contributed by atoms with Crippen molar-refractivity contribution < 1.29 is 0 Å². The van der Waals surface area contributed by atoms with E-state index in [1.165, 1.54) is 50.0 Å². The van der Waals surface area contributed by atoms with Gasteiger partial charge in [-0.3, -0.25) is 4.99 Å². The molecule has 20 heavy (non-hydrogen) atoms. The molecule has 0 radical (unpaired) electrons. The second-order valence-electron chi connectivity index (χ2n) is 5.98. The summed E-state index contributed by atoms with van der Waals surface area (Å²) in [6.07, 6.45) is 8.17. The molecule has 1 saturated carbocycles. The van der Waals surface area contributed by atoms with Crippen LogP contribution in [0.5, 0.6) is 0 Å². The third kappa shape index (κ3) is 5.17. The van der Waals surface area contributed by atoms with Crippen LogP contribution in [-0.2, 0) is 0 Å². The van der Waals surface area contributed by atoms with Gasteiger partial charge in [0.25, 0.3) is 0 Å². The van der Waals surface area contributed by atoms with E-state index in [-0.39, 0.29) is 0 Å². The van der Waals surface area contributed by atoms with Crippen molar-refractivity contribution in [3.8, 4) is 0 Å². The molecular formula is C15H30N4S. The van der Waals surface area contributed by atoms with Gasteiger partial charge in [-0.05, 0) is 38.5 Å². The molecule has 0 aromatic heterocycles. The summed E-state index contributed by atoms with van der Waals surface area (Å²) < 4.78 is 0. The maximum absolute atomic E-state index is 4.34. The third-order valence-corrected chi connectivity index (χ3v) is 5.65. The molecule has 4 nitrogen and oxygen atoms in total. The van der Waals surface area contributed by atoms with E-state index in [1.54, 1.807) is 0 Å². The predicted molar refractivity (Wildman–Crippen MR) is 89.7 cm³/mol. The molecule has 2 rings (SSSR count). The van der Waals surface area contributed by atoms with Gasteiger partial charge in [-0.15, -0.1) is 0 Å². The van der Waals surface area contributed by atoms with E-state index in [2.05, 4.69) is 27.6 Å². The maximum Gasteiger partial charge on any atom is 0.191 e. The third-order valence-electron chi connectivity index (χ3n) is 4.43. The number of hydrogen-bond acceptors (Lipinski definition) is 3. The Labute approximate surface area is 128 Å². The van der Waals surface area contributed by atoms with Gasteiger partial charge in [0.2, 0.25) is 0 Å². The quantitative estimate of drug-likeness (QED) is 0.601. The zero-order chi connectivity index (χ0) is 14.2. The summed E-state index contributed by atoms with van der Waals surface area (Å²) in [5.41, 5.74) is 0. The van der Waals surface area contributed by atoms with Gasteiger partial charge in [0.1, 0.15) is 0 Å². The molecule has 0 amide bonds. The standard InChI is InChI=1S/C15H30N4S/c1-16-15(18-13-6-5-11-20-12-13)17-9-10-19(2)14-7-3-4-8-14/h13-14H,3-12H2,1-2H3,(H2,16,17,18). The first-order valence-corrected chi connectivity index (χ1v) is 9.20. The molecule has 0 aromatic carbocycles. The lowest BCUT2D eigenvalue weighted by Crippen LogP contribution is -2.47. The molecular weight excluding hydrogens is 268 g/mol. The Morgan fingerprint density at radius 1 is 1.25 bits per heavy atom. The van der Waals surface area contributed by atoms with E-state index in [0.29, 0.717) is 6.04 Å². The molecule has 1 aliphatic heterocycles. The fraction of sp³-hybridized carbons (Fsp3) is 0.933. The molecule has 1 aliphatic carbocycles. The number of nitrogens with zero attached hydrogens (tertiary/aromatic N) is 2. The van der Waals surface area contributed by atoms with Gasteiger partial charge in [-0.2, -0.15) is 11.8 Å². The lowest BCUT2D eigenvalue weighted by atomic mass is 10.2. The van der Waals surface area contributed by atoms with E-state index >= 15 is 0 Å². The molecule has 1 saturated heterocycles. The Bertz CT molecular complexity index is 296. The van der Waals surface area contributed by atoms with Crippen molar-refractivity contribution in [3.05, 3.63) is 0 Å². The molecule has 2 N–H and O–H groups in total. The molecule has 0 spiro atoms. The van der Waals surface area contributed by atoms with Crippen molar-refractivity contribution in [2.45, 2.75) is 50.6 Å². The van der Waals surface area contributed by atoms with Crippen molar-refractivity contribution >= 4 is 17.7 Å². The van der Waals surface area contributed by atoms with Gasteiger partial charge in [-0.1, -0.05) is 12.8 Å². The molecule has 116 valence electrons. The van der Waals surface area contributed by atoms with E-state index in [0.717, 1.165) is 25.1 Å². The number of guanidine groups is 1. The highest BCUT2D eigenvalue weighted by Gasteiger charge is 2.19. The lowest BCUT2D eigenvalue weighted by molar-refractivity contribution is 0.249. The summed E-state index contributed by atoms with van der Waals surface area (Å²) in [6, 6.07) is 1.40. The lowest BCUT2D eigenvalue weighted by Gasteiger charge is -2.26. The van der Waals surface area contributed by atoms with E-state index < -0.39 is 0 Å². The average Bonchev–Trinajstić information content (AvgIpc) is 3.01. The highest BCUT2D eigenvalue weighted by molar-refractivity contribution is 7.99. The van der Waals surface area contributed by atoms with Gasteiger partial charge < -0.3 is 15.5 Å². The summed E-state index contributed by atoms with van der Waals surface area (Å²) >= 11 is 2.05. The summed E-state index contributed by atoms with van der Waals surface area (Å²) in [4.78, 5) is 6.85. The fourth-order valence-corrected chi connectivity index (χ4v) is 4.19. The molecule has 1 atom stereocenters. The monoisotopic (exact) mass is 298 g/mol. The normalized spacial score (nSPS) is 25.1. The predicted octanol–water partition coefficient (Wildman–Crippen LogP) is 1.92. The van der Waals surface area contributed by atoms with Crippen molar-refractivity contribution in [1.82, 2.24) is 15.5 Å². The Hall–Kier alpha value is -0.420. The first-order valence-electron chi connectivity index (χ1n) is 8.05. The highest BCUT2D eigenvalue weighted by atomic mass is 32.2. The van der Waals surface area contributed by atoms with Crippen molar-refractivity contribution in [2.75, 3.05) is 38.7 Å². The summed E-state index contributed by atoms with van der Waals surface area (Å²) in [5.74, 6) is 3.50. The van der Waals surface area contributed by atoms with E-state index in [1.807, 2.05) is 18.8 Å². The molecule has 2 fully saturated rings. The number of nitrogens with one attached hydrogen (secondary N) is 2. The maximum atomic E-state index is 4.34. The summed E-state index contributed by atoms with van der Waals surface area (Å²) in [7, 11) is 4.12. The van der Waals surface area contributed by atoms with Crippen LogP contribution in [0.15, 0.2) is 4.99 Å². The number of thioether (sulfide) groups is 1. The van der Waals surface area contributed by atoms with Crippen LogP contribution in [0.25, 0.3) is 0 Å². The van der Waals surface area contributed by atoms with Crippen LogP contribution in [-0.4, -0.2) is 61.6 Å². The van der Waals surface area contributed by atoms with Gasteiger partial charge in [0, 0.05) is 38.0 Å². The van der Waals surface area contributed by atoms with Crippen LogP contribution >= 0.6 is 11.8 Å². The molecule has 5 heteroatoms. The van der Waals surface area contributed by atoms with Gasteiger partial charge in [-0.25, -0.2) is 0 Å². The minimum atomic E-state index is 0.590. The summed E-state index contributed by atoms with van der Waals surface area (Å²) in [5, 5.41) is 7.01. The molecule has 0 bridgehead atoms. The van der Waals surface area contributed by atoms with Crippen LogP contribution in [0.3, 0.4) is 0 Å². The second-order valence-corrected chi connectivity index (χ2v) is 7.13. The van der Waals surface area contributed by atoms with Gasteiger partial charge in [0.15, 0.2) is 5.96 Å². The molecule has 0 aromatic rings. The van der Waals surface area contributed by atoms with E-state index in [4.69, 9.17) is 0 Å². The van der Waals surface area contributed by atoms with Gasteiger partial charge in [0.05, 0.1) is 0 Å². The van der Waals surface area contributed by atoms with Crippen LogP contribution < -0.4 is 10.6 Å². The van der Waals surface area contributed by atoms with E-state index in [9.17, 15) is 0 Å². The zero-order valence-corrected chi connectivity index (χ0v) is 13.8. The zero-order valence-electron chi connectivity index (χ0n) is 13.0. The summed E-state index contributed by atoms with van der Waals surface area (Å²) in [6.45, 7) is 2.08. The Balaban J connectivity index is 1.63. The van der Waals surface area contributed by atoms with Crippen LogP contribution in [0, 0.1) is 0 Å². The average molecular weight is 298 g/mol. The van der Waals surface area contributed by atoms with Crippen molar-refractivity contribution in [2.24, 2.45) is 4.99 Å². The topological polar surface area (TPSA) is 39.7 Å². The number of rotatable bonds is 5. The number of likely N-dealkylation sites (N-methyl/N-ethyl adjacent to an activating group) is 1. The van der Waals surface area contributed by atoms with Crippen LogP contribution in [0.4, 0.5) is 0 Å².